The molecule has 0 saturated carbocycles. The monoisotopic (exact) mass is 369 g/mol. The maximum Gasteiger partial charge on any atom is 0.316 e. The van der Waals surface area contributed by atoms with E-state index in [1.54, 1.807) is 42.5 Å². The van der Waals surface area contributed by atoms with E-state index < -0.39 is 11.1 Å². The third kappa shape index (κ3) is 3.84. The summed E-state index contributed by atoms with van der Waals surface area (Å²) < 4.78 is 11.7. The van der Waals surface area contributed by atoms with Crippen LogP contribution in [0.5, 0.6) is 11.5 Å². The largest absolute Gasteiger partial charge is 0.497 e. The van der Waals surface area contributed by atoms with E-state index >= 15 is 0 Å². The first kappa shape index (κ1) is 18.2. The number of nitrogens with one attached hydrogen (secondary N) is 2. The van der Waals surface area contributed by atoms with Gasteiger partial charge in [-0.1, -0.05) is 12.1 Å². The Bertz CT molecular complexity index is 1080. The van der Waals surface area contributed by atoms with E-state index in [0.29, 0.717) is 28.1 Å². The minimum absolute atomic E-state index is 0.163. The summed E-state index contributed by atoms with van der Waals surface area (Å²) in [6.07, 6.45) is 0. The molecule has 0 aliphatic heterocycles. The van der Waals surface area contributed by atoms with E-state index in [1.807, 2.05) is 0 Å². The van der Waals surface area contributed by atoms with Gasteiger partial charge in [0.1, 0.15) is 11.5 Å². The molecule has 0 bridgehead atoms. The van der Waals surface area contributed by atoms with Crippen molar-refractivity contribution in [3.05, 3.63) is 68.7 Å². The molecule has 2 N–H and O–H groups in total. The van der Waals surface area contributed by atoms with Gasteiger partial charge in [0.25, 0.3) is 5.91 Å². The van der Waals surface area contributed by atoms with Gasteiger partial charge in [-0.15, -0.1) is 0 Å². The number of aromatic amines is 1. The molecule has 0 aliphatic rings. The lowest BCUT2D eigenvalue weighted by molar-refractivity contribution is 0.0951. The molecule has 1 heterocycles. The molecular formula is C19H19N3O5. The molecule has 3 rings (SSSR count). The number of para-hydroxylation sites is 2. The number of hydrogen-bond acceptors (Lipinski definition) is 5. The quantitative estimate of drug-likeness (QED) is 0.635. The van der Waals surface area contributed by atoms with Crippen LogP contribution >= 0.6 is 0 Å². The number of rotatable bonds is 6. The van der Waals surface area contributed by atoms with E-state index in [1.165, 1.54) is 18.8 Å². The normalized spacial score (nSPS) is 10.6. The van der Waals surface area contributed by atoms with Gasteiger partial charge in [0.2, 0.25) is 0 Å². The summed E-state index contributed by atoms with van der Waals surface area (Å²) in [6, 6.07) is 11.8. The predicted octanol–water partition coefficient (Wildman–Crippen LogP) is 1.14. The second kappa shape index (κ2) is 7.77. The summed E-state index contributed by atoms with van der Waals surface area (Å²) in [5.74, 6) is 0.655. The highest BCUT2D eigenvalue weighted by Crippen LogP contribution is 2.22. The van der Waals surface area contributed by atoms with Gasteiger partial charge < -0.3 is 24.3 Å². The Morgan fingerprint density at radius 1 is 1.07 bits per heavy atom. The van der Waals surface area contributed by atoms with E-state index in [-0.39, 0.29) is 19.0 Å². The number of H-pyrrole nitrogens is 1. The Hall–Kier alpha value is -3.55. The zero-order valence-electron chi connectivity index (χ0n) is 14.9. The number of carbonyl (C=O) groups is 1. The van der Waals surface area contributed by atoms with Crippen molar-refractivity contribution in [2.75, 3.05) is 20.8 Å². The van der Waals surface area contributed by atoms with E-state index in [2.05, 4.69) is 10.3 Å². The first-order chi connectivity index (χ1) is 13.0. The second-order valence-corrected chi connectivity index (χ2v) is 5.79. The smallest absolute Gasteiger partial charge is 0.316 e. The van der Waals surface area contributed by atoms with Crippen LogP contribution < -0.4 is 25.9 Å². The van der Waals surface area contributed by atoms with Gasteiger partial charge in [0.15, 0.2) is 0 Å². The first-order valence-electron chi connectivity index (χ1n) is 8.26. The Morgan fingerprint density at radius 3 is 2.41 bits per heavy atom. The van der Waals surface area contributed by atoms with Crippen molar-refractivity contribution in [2.45, 2.75) is 6.54 Å². The highest BCUT2D eigenvalue weighted by atomic mass is 16.5. The van der Waals surface area contributed by atoms with Gasteiger partial charge in [0.05, 0.1) is 25.3 Å². The summed E-state index contributed by atoms with van der Waals surface area (Å²) in [7, 11) is 3.00. The highest BCUT2D eigenvalue weighted by Gasteiger charge is 2.11. The standard InChI is InChI=1S/C19H19N3O5/c1-26-13-9-12(10-14(11-13)27-2)17(23)20-7-8-22-16-6-4-3-5-15(16)21-18(24)19(22)25/h3-6,9-11H,7-8H2,1-2H3,(H,20,23)(H,21,24). The average Bonchev–Trinajstić information content (AvgIpc) is 2.70. The SMILES string of the molecule is COc1cc(OC)cc(C(=O)NCCn2c(=O)c(=O)[nH]c3ccccc32)c1. The lowest BCUT2D eigenvalue weighted by Crippen LogP contribution is -2.39. The van der Waals surface area contributed by atoms with Gasteiger partial charge in [-0.3, -0.25) is 14.4 Å². The molecule has 1 amide bonds. The third-order valence-electron chi connectivity index (χ3n) is 4.12. The summed E-state index contributed by atoms with van der Waals surface area (Å²) in [6.45, 7) is 0.335. The van der Waals surface area contributed by atoms with Gasteiger partial charge in [-0.2, -0.15) is 0 Å². The summed E-state index contributed by atoms with van der Waals surface area (Å²) in [4.78, 5) is 38.9. The number of carbonyl (C=O) groups excluding carboxylic acids is 1. The van der Waals surface area contributed by atoms with Crippen molar-refractivity contribution in [3.8, 4) is 11.5 Å². The molecular weight excluding hydrogens is 350 g/mol. The minimum Gasteiger partial charge on any atom is -0.497 e. The zero-order valence-corrected chi connectivity index (χ0v) is 14.9. The number of nitrogens with zero attached hydrogens (tertiary/aromatic N) is 1. The summed E-state index contributed by atoms with van der Waals surface area (Å²) >= 11 is 0. The number of benzene rings is 2. The van der Waals surface area contributed by atoms with Crippen LogP contribution in [0.1, 0.15) is 10.4 Å². The van der Waals surface area contributed by atoms with Crippen LogP contribution in [-0.4, -0.2) is 36.2 Å². The molecule has 8 nitrogen and oxygen atoms in total. The molecule has 0 radical (unpaired) electrons. The number of fused-ring (bicyclic) bond motifs is 1. The van der Waals surface area contributed by atoms with Gasteiger partial charge in [-0.25, -0.2) is 0 Å². The van der Waals surface area contributed by atoms with E-state index in [4.69, 9.17) is 9.47 Å². The van der Waals surface area contributed by atoms with Crippen LogP contribution in [0.3, 0.4) is 0 Å². The van der Waals surface area contributed by atoms with Crippen molar-refractivity contribution in [3.63, 3.8) is 0 Å². The predicted molar refractivity (Wildman–Crippen MR) is 101 cm³/mol. The van der Waals surface area contributed by atoms with Crippen LogP contribution in [0, 0.1) is 0 Å². The molecule has 0 spiro atoms. The number of aromatic nitrogens is 2. The first-order valence-corrected chi connectivity index (χ1v) is 8.26. The Morgan fingerprint density at radius 2 is 1.74 bits per heavy atom. The lowest BCUT2D eigenvalue weighted by Gasteiger charge is -2.11. The molecule has 27 heavy (non-hydrogen) atoms. The Balaban J connectivity index is 1.78. The van der Waals surface area contributed by atoms with Crippen LogP contribution in [0.4, 0.5) is 0 Å². The van der Waals surface area contributed by atoms with Crippen molar-refractivity contribution < 1.29 is 14.3 Å². The van der Waals surface area contributed by atoms with Crippen LogP contribution in [0.2, 0.25) is 0 Å². The summed E-state index contributed by atoms with van der Waals surface area (Å²) in [5, 5.41) is 2.74. The van der Waals surface area contributed by atoms with Gasteiger partial charge in [-0.05, 0) is 24.3 Å². The van der Waals surface area contributed by atoms with Crippen molar-refractivity contribution >= 4 is 16.9 Å². The zero-order chi connectivity index (χ0) is 19.4. The van der Waals surface area contributed by atoms with E-state index in [0.717, 1.165) is 0 Å². The molecule has 0 aliphatic carbocycles. The highest BCUT2D eigenvalue weighted by molar-refractivity contribution is 5.95. The van der Waals surface area contributed by atoms with Crippen LogP contribution in [0.15, 0.2) is 52.1 Å². The minimum atomic E-state index is -0.697. The Kier molecular flexibility index (Phi) is 5.25. The molecule has 0 saturated heterocycles. The molecule has 1 aromatic heterocycles. The van der Waals surface area contributed by atoms with Crippen molar-refractivity contribution in [1.29, 1.82) is 0 Å². The molecule has 8 heteroatoms. The van der Waals surface area contributed by atoms with Crippen LogP contribution in [0.25, 0.3) is 11.0 Å². The fourth-order valence-corrected chi connectivity index (χ4v) is 2.77. The topological polar surface area (TPSA) is 102 Å². The fraction of sp³-hybridized carbons (Fsp3) is 0.211. The lowest BCUT2D eigenvalue weighted by atomic mass is 10.2. The maximum atomic E-state index is 12.4. The number of ether oxygens (including phenoxy) is 2. The maximum absolute atomic E-state index is 12.4. The molecule has 0 fully saturated rings. The van der Waals surface area contributed by atoms with E-state index in [9.17, 15) is 14.4 Å². The fourth-order valence-electron chi connectivity index (χ4n) is 2.77. The number of methoxy groups -OCH3 is 2. The second-order valence-electron chi connectivity index (χ2n) is 5.79. The van der Waals surface area contributed by atoms with Crippen LogP contribution in [-0.2, 0) is 6.54 Å². The van der Waals surface area contributed by atoms with Crippen molar-refractivity contribution in [2.24, 2.45) is 0 Å². The summed E-state index contributed by atoms with van der Waals surface area (Å²) in [5.41, 5.74) is 0.170. The third-order valence-corrected chi connectivity index (χ3v) is 4.12. The molecule has 140 valence electrons. The number of amides is 1. The molecule has 3 aromatic rings. The molecule has 0 unspecified atom stereocenters. The Labute approximate surface area is 154 Å². The number of hydrogen-bond donors (Lipinski definition) is 2. The average molecular weight is 369 g/mol. The molecule has 0 atom stereocenters. The van der Waals surface area contributed by atoms with Gasteiger partial charge >= 0.3 is 11.1 Å². The molecule has 2 aromatic carbocycles. The van der Waals surface area contributed by atoms with Gasteiger partial charge in [0, 0.05) is 24.7 Å². The van der Waals surface area contributed by atoms with Crippen molar-refractivity contribution in [1.82, 2.24) is 14.9 Å².